The first-order valence-electron chi connectivity index (χ1n) is 9.45. The van der Waals surface area contributed by atoms with E-state index in [0.29, 0.717) is 17.8 Å². The van der Waals surface area contributed by atoms with Crippen LogP contribution in [0.5, 0.6) is 0 Å². The predicted molar refractivity (Wildman–Crippen MR) is 87.4 cm³/mol. The first-order chi connectivity index (χ1) is 10.6. The molecule has 0 radical (unpaired) electrons. The van der Waals surface area contributed by atoms with Crippen LogP contribution in [0.3, 0.4) is 0 Å². The molecule has 0 aliphatic heterocycles. The van der Waals surface area contributed by atoms with Gasteiger partial charge in [-0.15, -0.1) is 0 Å². The summed E-state index contributed by atoms with van der Waals surface area (Å²) in [5.41, 5.74) is 0.546. The lowest BCUT2D eigenvalue weighted by molar-refractivity contribution is -0.144. The lowest BCUT2D eigenvalue weighted by Crippen LogP contribution is -2.52. The van der Waals surface area contributed by atoms with Gasteiger partial charge in [0.25, 0.3) is 0 Å². The molecular formula is C20H30O2. The Hall–Kier alpha value is -0.790. The van der Waals surface area contributed by atoms with E-state index in [1.807, 2.05) is 0 Å². The van der Waals surface area contributed by atoms with E-state index in [-0.39, 0.29) is 5.41 Å². The lowest BCUT2D eigenvalue weighted by atomic mass is 9.45. The van der Waals surface area contributed by atoms with Gasteiger partial charge in [-0.05, 0) is 74.0 Å². The Bertz CT molecular complexity index is 496. The molecular weight excluding hydrogens is 272 g/mol. The van der Waals surface area contributed by atoms with E-state index in [4.69, 9.17) is 0 Å². The highest BCUT2D eigenvalue weighted by molar-refractivity contribution is 5.68. The van der Waals surface area contributed by atoms with Gasteiger partial charge in [-0.25, -0.2) is 0 Å². The van der Waals surface area contributed by atoms with Gasteiger partial charge in [0.05, 0.1) is 6.42 Å². The molecule has 2 heteroatoms. The van der Waals surface area contributed by atoms with Gasteiger partial charge in [-0.2, -0.15) is 0 Å². The molecule has 4 aliphatic rings. The van der Waals surface area contributed by atoms with Crippen LogP contribution in [0, 0.1) is 34.5 Å². The summed E-state index contributed by atoms with van der Waals surface area (Å²) in [5.74, 6) is 2.60. The molecule has 0 bridgehead atoms. The van der Waals surface area contributed by atoms with E-state index < -0.39 is 5.97 Å². The van der Waals surface area contributed by atoms with E-state index in [1.54, 1.807) is 0 Å². The van der Waals surface area contributed by atoms with Crippen LogP contribution in [0.25, 0.3) is 0 Å². The van der Waals surface area contributed by atoms with Crippen LogP contribution in [-0.2, 0) is 4.79 Å². The molecule has 0 aromatic rings. The van der Waals surface area contributed by atoms with Crippen molar-refractivity contribution in [3.05, 3.63) is 12.2 Å². The molecule has 1 N–H and O–H groups in total. The summed E-state index contributed by atoms with van der Waals surface area (Å²) < 4.78 is 0. The van der Waals surface area contributed by atoms with Crippen LogP contribution in [0.4, 0.5) is 0 Å². The third-order valence-corrected chi connectivity index (χ3v) is 8.16. The molecule has 22 heavy (non-hydrogen) atoms. The largest absolute Gasteiger partial charge is 0.481 e. The molecule has 1 unspecified atom stereocenters. The number of carbonyl (C=O) groups is 1. The molecule has 0 aromatic heterocycles. The Morgan fingerprint density at radius 3 is 2.82 bits per heavy atom. The normalized spacial score (nSPS) is 50.0. The summed E-state index contributed by atoms with van der Waals surface area (Å²) in [4.78, 5) is 11.4. The monoisotopic (exact) mass is 302 g/mol. The van der Waals surface area contributed by atoms with Crippen molar-refractivity contribution in [1.82, 2.24) is 0 Å². The van der Waals surface area contributed by atoms with E-state index in [2.05, 4.69) is 19.1 Å². The van der Waals surface area contributed by atoms with Crippen molar-refractivity contribution < 1.29 is 9.90 Å². The Balaban J connectivity index is 1.63. The van der Waals surface area contributed by atoms with Crippen LogP contribution >= 0.6 is 0 Å². The van der Waals surface area contributed by atoms with E-state index in [0.717, 1.165) is 30.6 Å². The molecule has 4 aliphatic carbocycles. The fourth-order valence-electron chi connectivity index (χ4n) is 7.16. The Morgan fingerprint density at radius 2 is 2.00 bits per heavy atom. The third kappa shape index (κ3) is 2.02. The molecule has 0 spiro atoms. The first kappa shape index (κ1) is 14.8. The van der Waals surface area contributed by atoms with Crippen molar-refractivity contribution >= 4 is 5.97 Å². The van der Waals surface area contributed by atoms with Crippen molar-refractivity contribution in [3.63, 3.8) is 0 Å². The molecule has 6 atom stereocenters. The van der Waals surface area contributed by atoms with Gasteiger partial charge in [0.2, 0.25) is 0 Å². The van der Waals surface area contributed by atoms with E-state index in [9.17, 15) is 9.90 Å². The maximum absolute atomic E-state index is 11.4. The first-order valence-corrected chi connectivity index (χ1v) is 9.45. The lowest BCUT2D eigenvalue weighted by Gasteiger charge is -2.60. The molecule has 0 heterocycles. The van der Waals surface area contributed by atoms with Gasteiger partial charge in [-0.1, -0.05) is 31.9 Å². The fraction of sp³-hybridized carbons (Fsp3) is 0.850. The average molecular weight is 302 g/mol. The topological polar surface area (TPSA) is 37.3 Å². The summed E-state index contributed by atoms with van der Waals surface area (Å²) >= 11 is 0. The molecule has 2 nitrogen and oxygen atoms in total. The van der Waals surface area contributed by atoms with Gasteiger partial charge in [0, 0.05) is 5.41 Å². The second-order valence-corrected chi connectivity index (χ2v) is 8.88. The van der Waals surface area contributed by atoms with Crippen molar-refractivity contribution in [3.8, 4) is 0 Å². The maximum atomic E-state index is 11.4. The maximum Gasteiger partial charge on any atom is 0.304 e. The molecule has 0 saturated heterocycles. The van der Waals surface area contributed by atoms with Crippen LogP contribution in [-0.4, -0.2) is 11.1 Å². The minimum absolute atomic E-state index is 0.00906. The van der Waals surface area contributed by atoms with Crippen LogP contribution in [0.1, 0.15) is 71.1 Å². The highest BCUT2D eigenvalue weighted by atomic mass is 16.4. The molecule has 0 amide bonds. The van der Waals surface area contributed by atoms with Crippen molar-refractivity contribution in [2.75, 3.05) is 0 Å². The predicted octanol–water partition coefficient (Wildman–Crippen LogP) is 5.04. The molecule has 4 rings (SSSR count). The van der Waals surface area contributed by atoms with Gasteiger partial charge >= 0.3 is 5.97 Å². The number of carboxylic acid groups (broad SMARTS) is 1. The SMILES string of the molecule is C[C@]12CCCCC1CC[C@H]1[C@@H]3CC=C[C@@]3(CC(=O)O)CC[C@@H]12. The van der Waals surface area contributed by atoms with Gasteiger partial charge in [0.15, 0.2) is 0 Å². The second kappa shape index (κ2) is 5.11. The third-order valence-electron chi connectivity index (χ3n) is 8.16. The zero-order valence-electron chi connectivity index (χ0n) is 13.9. The summed E-state index contributed by atoms with van der Waals surface area (Å²) in [6, 6.07) is 0. The van der Waals surface area contributed by atoms with Crippen molar-refractivity contribution in [2.24, 2.45) is 34.5 Å². The molecule has 3 saturated carbocycles. The van der Waals surface area contributed by atoms with Crippen LogP contribution in [0.15, 0.2) is 12.2 Å². The highest BCUT2D eigenvalue weighted by Crippen LogP contribution is 2.65. The minimum atomic E-state index is -0.604. The zero-order valence-corrected chi connectivity index (χ0v) is 13.9. The Labute approximate surface area is 134 Å². The van der Waals surface area contributed by atoms with E-state index in [1.165, 1.54) is 44.9 Å². The Kier molecular flexibility index (Phi) is 3.43. The highest BCUT2D eigenvalue weighted by Gasteiger charge is 2.57. The summed E-state index contributed by atoms with van der Waals surface area (Å²) in [6.07, 6.45) is 16.9. The molecule has 0 aromatic carbocycles. The van der Waals surface area contributed by atoms with Gasteiger partial charge in [0.1, 0.15) is 0 Å². The number of aliphatic carboxylic acids is 1. The van der Waals surface area contributed by atoms with Crippen LogP contribution in [0.2, 0.25) is 0 Å². The van der Waals surface area contributed by atoms with Crippen molar-refractivity contribution in [2.45, 2.75) is 71.1 Å². The fourth-order valence-corrected chi connectivity index (χ4v) is 7.16. The number of carboxylic acids is 1. The number of hydrogen-bond acceptors (Lipinski definition) is 1. The molecule has 3 fully saturated rings. The van der Waals surface area contributed by atoms with Gasteiger partial charge < -0.3 is 5.11 Å². The van der Waals surface area contributed by atoms with Crippen molar-refractivity contribution in [1.29, 1.82) is 0 Å². The Morgan fingerprint density at radius 1 is 1.14 bits per heavy atom. The standard InChI is InChI=1S/C20H30O2/c1-19-10-3-2-5-14(19)7-8-15-16(19)9-12-20(13-18(21)22)11-4-6-17(15)20/h4,11,14-17H,2-3,5-10,12-13H2,1H3,(H,21,22)/t14?,15-,16+,17+,19+,20+/m1/s1. The summed E-state index contributed by atoms with van der Waals surface area (Å²) in [6.45, 7) is 2.58. The zero-order chi connectivity index (χ0) is 15.4. The summed E-state index contributed by atoms with van der Waals surface area (Å²) in [5, 5.41) is 9.41. The molecule has 122 valence electrons. The number of allylic oxidation sites excluding steroid dienone is 2. The quantitative estimate of drug-likeness (QED) is 0.726. The van der Waals surface area contributed by atoms with Gasteiger partial charge in [-0.3, -0.25) is 4.79 Å². The minimum Gasteiger partial charge on any atom is -0.481 e. The summed E-state index contributed by atoms with van der Waals surface area (Å²) in [7, 11) is 0. The smallest absolute Gasteiger partial charge is 0.304 e. The van der Waals surface area contributed by atoms with Crippen LogP contribution < -0.4 is 0 Å². The number of rotatable bonds is 2. The number of fused-ring (bicyclic) bond motifs is 5. The average Bonchev–Trinajstić information content (AvgIpc) is 2.89. The number of hydrogen-bond donors (Lipinski definition) is 1. The van der Waals surface area contributed by atoms with E-state index >= 15 is 0 Å². The second-order valence-electron chi connectivity index (χ2n) is 8.88.